The number of aryl methyl sites for hydroxylation is 2. The van der Waals surface area contributed by atoms with Crippen LogP contribution in [0.1, 0.15) is 28.9 Å². The standard InChI is InChI=1S/C10H12IN/c1-6-8-4-3-5-9(8)10(11)7(2)12-6/h3-5H2,1-2H3. The molecule has 0 atom stereocenters. The monoisotopic (exact) mass is 273 g/mol. The second kappa shape index (κ2) is 2.98. The molecule has 1 aliphatic rings. The van der Waals surface area contributed by atoms with Crippen molar-refractivity contribution in [3.05, 3.63) is 26.1 Å². The van der Waals surface area contributed by atoms with Gasteiger partial charge in [0, 0.05) is 9.26 Å². The maximum Gasteiger partial charge on any atom is 0.0512 e. The Hall–Kier alpha value is -0.120. The van der Waals surface area contributed by atoms with Gasteiger partial charge in [-0.15, -0.1) is 0 Å². The van der Waals surface area contributed by atoms with Gasteiger partial charge >= 0.3 is 0 Å². The number of fused-ring (bicyclic) bond motifs is 1. The lowest BCUT2D eigenvalue weighted by atomic mass is 10.1. The van der Waals surface area contributed by atoms with Crippen molar-refractivity contribution in [2.24, 2.45) is 0 Å². The summed E-state index contributed by atoms with van der Waals surface area (Å²) in [6.45, 7) is 4.24. The van der Waals surface area contributed by atoms with Crippen LogP contribution in [0.3, 0.4) is 0 Å². The highest BCUT2D eigenvalue weighted by molar-refractivity contribution is 14.1. The Labute approximate surface area is 86.7 Å². The van der Waals surface area contributed by atoms with Gasteiger partial charge in [0.05, 0.1) is 5.69 Å². The minimum atomic E-state index is 1.20. The van der Waals surface area contributed by atoms with E-state index >= 15 is 0 Å². The molecule has 0 N–H and O–H groups in total. The van der Waals surface area contributed by atoms with Gasteiger partial charge in [0.1, 0.15) is 0 Å². The first kappa shape index (κ1) is 8.48. The minimum Gasteiger partial charge on any atom is -0.257 e. The molecule has 0 saturated carbocycles. The van der Waals surface area contributed by atoms with Crippen LogP contribution in [-0.2, 0) is 12.8 Å². The number of halogens is 1. The summed E-state index contributed by atoms with van der Waals surface area (Å²) < 4.78 is 1.39. The zero-order valence-corrected chi connectivity index (χ0v) is 9.60. The van der Waals surface area contributed by atoms with Crippen LogP contribution in [0, 0.1) is 17.4 Å². The average molecular weight is 273 g/mol. The van der Waals surface area contributed by atoms with Crippen LogP contribution in [0.5, 0.6) is 0 Å². The normalized spacial score (nSPS) is 14.9. The maximum atomic E-state index is 4.54. The van der Waals surface area contributed by atoms with Crippen molar-refractivity contribution in [3.8, 4) is 0 Å². The fraction of sp³-hybridized carbons (Fsp3) is 0.500. The van der Waals surface area contributed by atoms with Gasteiger partial charge in [0.15, 0.2) is 0 Å². The number of hydrogen-bond donors (Lipinski definition) is 0. The van der Waals surface area contributed by atoms with E-state index in [1.165, 1.54) is 39.8 Å². The summed E-state index contributed by atoms with van der Waals surface area (Å²) in [6.07, 6.45) is 3.82. The quantitative estimate of drug-likeness (QED) is 0.662. The highest BCUT2D eigenvalue weighted by atomic mass is 127. The van der Waals surface area contributed by atoms with Gasteiger partial charge in [-0.05, 0) is 66.8 Å². The van der Waals surface area contributed by atoms with E-state index in [9.17, 15) is 0 Å². The molecule has 0 fully saturated rings. The Bertz CT molecular complexity index is 331. The highest BCUT2D eigenvalue weighted by Gasteiger charge is 2.18. The van der Waals surface area contributed by atoms with Crippen LogP contribution < -0.4 is 0 Å². The van der Waals surface area contributed by atoms with Crippen molar-refractivity contribution >= 4 is 22.6 Å². The third-order valence-corrected chi connectivity index (χ3v) is 4.00. The predicted molar refractivity (Wildman–Crippen MR) is 58.5 cm³/mol. The largest absolute Gasteiger partial charge is 0.257 e. The number of pyridine rings is 1. The predicted octanol–water partition coefficient (Wildman–Crippen LogP) is 2.79. The van der Waals surface area contributed by atoms with Crippen molar-refractivity contribution in [1.29, 1.82) is 0 Å². The summed E-state index contributed by atoms with van der Waals surface area (Å²) in [5, 5.41) is 0. The van der Waals surface area contributed by atoms with Gasteiger partial charge < -0.3 is 0 Å². The lowest BCUT2D eigenvalue weighted by Gasteiger charge is -2.07. The lowest BCUT2D eigenvalue weighted by Crippen LogP contribution is -1.99. The molecule has 0 amide bonds. The Balaban J connectivity index is 2.69. The van der Waals surface area contributed by atoms with Crippen LogP contribution in [0.15, 0.2) is 0 Å². The summed E-state index contributed by atoms with van der Waals surface area (Å²) >= 11 is 2.42. The molecule has 0 radical (unpaired) electrons. The fourth-order valence-electron chi connectivity index (χ4n) is 1.97. The third kappa shape index (κ3) is 1.16. The highest BCUT2D eigenvalue weighted by Crippen LogP contribution is 2.29. The topological polar surface area (TPSA) is 12.9 Å². The molecule has 12 heavy (non-hydrogen) atoms. The third-order valence-electron chi connectivity index (χ3n) is 2.57. The molecule has 1 aromatic rings. The average Bonchev–Trinajstić information content (AvgIpc) is 2.48. The van der Waals surface area contributed by atoms with Gasteiger partial charge in [-0.25, -0.2) is 0 Å². The van der Waals surface area contributed by atoms with Crippen LogP contribution >= 0.6 is 22.6 Å². The van der Waals surface area contributed by atoms with E-state index in [0.717, 1.165) is 0 Å². The molecular formula is C10H12IN. The van der Waals surface area contributed by atoms with Gasteiger partial charge in [0.25, 0.3) is 0 Å². The minimum absolute atomic E-state index is 1.20. The van der Waals surface area contributed by atoms with E-state index < -0.39 is 0 Å². The zero-order valence-electron chi connectivity index (χ0n) is 7.45. The number of aromatic nitrogens is 1. The smallest absolute Gasteiger partial charge is 0.0512 e. The van der Waals surface area contributed by atoms with E-state index in [1.54, 1.807) is 5.56 Å². The summed E-state index contributed by atoms with van der Waals surface area (Å²) in [5.74, 6) is 0. The van der Waals surface area contributed by atoms with Crippen molar-refractivity contribution in [2.45, 2.75) is 33.1 Å². The molecular weight excluding hydrogens is 261 g/mol. The van der Waals surface area contributed by atoms with Crippen LogP contribution in [0.25, 0.3) is 0 Å². The summed E-state index contributed by atoms with van der Waals surface area (Å²) in [6, 6.07) is 0. The molecule has 0 bridgehead atoms. The molecule has 2 heteroatoms. The molecule has 2 rings (SSSR count). The van der Waals surface area contributed by atoms with Crippen molar-refractivity contribution in [3.63, 3.8) is 0 Å². The Morgan fingerprint density at radius 1 is 1.08 bits per heavy atom. The summed E-state index contributed by atoms with van der Waals surface area (Å²) in [5.41, 5.74) is 5.54. The lowest BCUT2D eigenvalue weighted by molar-refractivity contribution is 0.906. The van der Waals surface area contributed by atoms with Crippen LogP contribution in [0.2, 0.25) is 0 Å². The van der Waals surface area contributed by atoms with E-state index in [1.807, 2.05) is 0 Å². The molecule has 0 saturated heterocycles. The number of nitrogens with zero attached hydrogens (tertiary/aromatic N) is 1. The molecule has 0 unspecified atom stereocenters. The van der Waals surface area contributed by atoms with Gasteiger partial charge in [-0.2, -0.15) is 0 Å². The molecule has 0 aliphatic heterocycles. The molecule has 64 valence electrons. The summed E-state index contributed by atoms with van der Waals surface area (Å²) in [7, 11) is 0. The van der Waals surface area contributed by atoms with Crippen LogP contribution in [-0.4, -0.2) is 4.98 Å². The Morgan fingerprint density at radius 3 is 2.50 bits per heavy atom. The molecule has 0 aromatic carbocycles. The van der Waals surface area contributed by atoms with Gasteiger partial charge in [-0.1, -0.05) is 0 Å². The van der Waals surface area contributed by atoms with E-state index in [0.29, 0.717) is 0 Å². The molecule has 1 heterocycles. The molecule has 0 spiro atoms. The Morgan fingerprint density at radius 2 is 1.75 bits per heavy atom. The SMILES string of the molecule is Cc1nc(C)c2c(c1I)CCC2. The van der Waals surface area contributed by atoms with Gasteiger partial charge in [0.2, 0.25) is 0 Å². The molecule has 1 nitrogen and oxygen atoms in total. The number of hydrogen-bond acceptors (Lipinski definition) is 1. The first-order valence-corrected chi connectivity index (χ1v) is 5.42. The first-order chi connectivity index (χ1) is 5.70. The Kier molecular flexibility index (Phi) is 2.10. The summed E-state index contributed by atoms with van der Waals surface area (Å²) in [4.78, 5) is 4.54. The number of rotatable bonds is 0. The second-order valence-corrected chi connectivity index (χ2v) is 4.49. The van der Waals surface area contributed by atoms with Crippen molar-refractivity contribution in [1.82, 2.24) is 4.98 Å². The second-order valence-electron chi connectivity index (χ2n) is 3.41. The zero-order chi connectivity index (χ0) is 8.72. The van der Waals surface area contributed by atoms with E-state index in [2.05, 4.69) is 41.4 Å². The maximum absolute atomic E-state index is 4.54. The fourth-order valence-corrected chi connectivity index (χ4v) is 2.69. The van der Waals surface area contributed by atoms with Crippen LogP contribution in [0.4, 0.5) is 0 Å². The molecule has 1 aromatic heterocycles. The van der Waals surface area contributed by atoms with Gasteiger partial charge in [-0.3, -0.25) is 4.98 Å². The van der Waals surface area contributed by atoms with E-state index in [-0.39, 0.29) is 0 Å². The van der Waals surface area contributed by atoms with Crippen molar-refractivity contribution < 1.29 is 0 Å². The van der Waals surface area contributed by atoms with E-state index in [4.69, 9.17) is 0 Å². The first-order valence-electron chi connectivity index (χ1n) is 4.34. The molecule has 1 aliphatic carbocycles. The van der Waals surface area contributed by atoms with Crippen molar-refractivity contribution in [2.75, 3.05) is 0 Å².